The number of aliphatic imine (C=N–C) groups is 1. The zero-order valence-electron chi connectivity index (χ0n) is 6.36. The van der Waals surface area contributed by atoms with Gasteiger partial charge in [-0.3, -0.25) is 4.99 Å². The van der Waals surface area contributed by atoms with Crippen LogP contribution in [0.3, 0.4) is 0 Å². The van der Waals surface area contributed by atoms with Crippen LogP contribution in [0.5, 0.6) is 0 Å². The lowest BCUT2D eigenvalue weighted by Crippen LogP contribution is -2.04. The van der Waals surface area contributed by atoms with Crippen LogP contribution in [0.2, 0.25) is 0 Å². The Balaban J connectivity index is 2.88. The maximum Gasteiger partial charge on any atom is 0.0429 e. The summed E-state index contributed by atoms with van der Waals surface area (Å²) in [5, 5.41) is 0. The van der Waals surface area contributed by atoms with E-state index in [1.165, 1.54) is 16.9 Å². The van der Waals surface area contributed by atoms with Gasteiger partial charge in [-0.2, -0.15) is 0 Å². The molecule has 1 heteroatoms. The van der Waals surface area contributed by atoms with Gasteiger partial charge < -0.3 is 0 Å². The summed E-state index contributed by atoms with van der Waals surface area (Å²) in [4.78, 5) is 4.32. The van der Waals surface area contributed by atoms with Gasteiger partial charge in [0.05, 0.1) is 0 Å². The van der Waals surface area contributed by atoms with Gasteiger partial charge in [0.25, 0.3) is 0 Å². The largest absolute Gasteiger partial charge is 0.289 e. The molecule has 0 N–H and O–H groups in total. The van der Waals surface area contributed by atoms with E-state index in [0.29, 0.717) is 0 Å². The van der Waals surface area contributed by atoms with Crippen molar-refractivity contribution in [3.63, 3.8) is 0 Å². The first-order chi connectivity index (χ1) is 4.22. The monoisotopic (exact) mass is 123 g/mol. The van der Waals surface area contributed by atoms with Crippen molar-refractivity contribution >= 4 is 5.71 Å². The van der Waals surface area contributed by atoms with Crippen molar-refractivity contribution in [2.24, 2.45) is 4.99 Å². The van der Waals surface area contributed by atoms with Gasteiger partial charge in [-0.15, -0.1) is 0 Å². The molecular formula is C8H13N. The Morgan fingerprint density at radius 2 is 1.89 bits per heavy atom. The summed E-state index contributed by atoms with van der Waals surface area (Å²) in [7, 11) is 0. The fourth-order valence-electron chi connectivity index (χ4n) is 1.01. The van der Waals surface area contributed by atoms with Crippen LogP contribution in [0.25, 0.3) is 0 Å². The van der Waals surface area contributed by atoms with E-state index >= 15 is 0 Å². The molecule has 0 radical (unpaired) electrons. The van der Waals surface area contributed by atoms with E-state index in [4.69, 9.17) is 0 Å². The second kappa shape index (κ2) is 2.34. The van der Waals surface area contributed by atoms with Crippen molar-refractivity contribution in [1.82, 2.24) is 0 Å². The first kappa shape index (κ1) is 6.53. The molecule has 1 heterocycles. The molecule has 0 saturated carbocycles. The summed E-state index contributed by atoms with van der Waals surface area (Å²) < 4.78 is 0. The summed E-state index contributed by atoms with van der Waals surface area (Å²) in [6.45, 7) is 7.41. The highest BCUT2D eigenvalue weighted by molar-refractivity contribution is 5.98. The molecule has 1 aliphatic rings. The summed E-state index contributed by atoms with van der Waals surface area (Å²) in [5.74, 6) is 0. The molecule has 0 aliphatic carbocycles. The van der Waals surface area contributed by atoms with Gasteiger partial charge in [-0.1, -0.05) is 5.57 Å². The van der Waals surface area contributed by atoms with Gasteiger partial charge in [0.1, 0.15) is 0 Å². The van der Waals surface area contributed by atoms with Crippen LogP contribution in [0, 0.1) is 0 Å². The smallest absolute Gasteiger partial charge is 0.0429 e. The Labute approximate surface area is 56.5 Å². The Bertz CT molecular complexity index is 175. The lowest BCUT2D eigenvalue weighted by atomic mass is 10.0. The summed E-state index contributed by atoms with van der Waals surface area (Å²) in [6.07, 6.45) is 1.16. The lowest BCUT2D eigenvalue weighted by molar-refractivity contribution is 0.916. The van der Waals surface area contributed by atoms with Crippen LogP contribution in [0.15, 0.2) is 16.1 Å². The number of allylic oxidation sites excluding steroid dienone is 1. The standard InChI is InChI=1S/C8H13N/c1-6-4-5-9-8(3)7(6)2/h4-5H2,1-3H3. The first-order valence-electron chi connectivity index (χ1n) is 3.39. The molecule has 1 rings (SSSR count). The van der Waals surface area contributed by atoms with Gasteiger partial charge in [0.2, 0.25) is 0 Å². The van der Waals surface area contributed by atoms with E-state index in [2.05, 4.69) is 25.8 Å². The quantitative estimate of drug-likeness (QED) is 0.468. The Hall–Kier alpha value is -0.590. The fourth-order valence-corrected chi connectivity index (χ4v) is 1.01. The van der Waals surface area contributed by atoms with Crippen LogP contribution in [0.1, 0.15) is 27.2 Å². The van der Waals surface area contributed by atoms with Crippen molar-refractivity contribution in [3.05, 3.63) is 11.1 Å². The van der Waals surface area contributed by atoms with Gasteiger partial charge in [-0.05, 0) is 32.8 Å². The minimum atomic E-state index is 0.995. The molecule has 0 spiro atoms. The average Bonchev–Trinajstić information content (AvgIpc) is 1.83. The second-order valence-corrected chi connectivity index (χ2v) is 2.62. The van der Waals surface area contributed by atoms with Crippen LogP contribution in [-0.2, 0) is 0 Å². The van der Waals surface area contributed by atoms with Crippen LogP contribution in [-0.4, -0.2) is 12.3 Å². The maximum atomic E-state index is 4.32. The minimum absolute atomic E-state index is 0.995. The lowest BCUT2D eigenvalue weighted by Gasteiger charge is -2.11. The van der Waals surface area contributed by atoms with Crippen molar-refractivity contribution in [1.29, 1.82) is 0 Å². The average molecular weight is 123 g/mol. The highest BCUT2D eigenvalue weighted by atomic mass is 14.7. The molecule has 0 fully saturated rings. The fraction of sp³-hybridized carbons (Fsp3) is 0.625. The highest BCUT2D eigenvalue weighted by Gasteiger charge is 2.04. The predicted molar refractivity (Wildman–Crippen MR) is 41.0 cm³/mol. The zero-order chi connectivity index (χ0) is 6.85. The topological polar surface area (TPSA) is 12.4 Å². The predicted octanol–water partition coefficient (Wildman–Crippen LogP) is 2.19. The molecule has 0 atom stereocenters. The van der Waals surface area contributed by atoms with Crippen molar-refractivity contribution < 1.29 is 0 Å². The SMILES string of the molecule is CC1=NCCC(C)=C1C. The molecule has 0 saturated heterocycles. The second-order valence-electron chi connectivity index (χ2n) is 2.62. The molecule has 0 bridgehead atoms. The van der Waals surface area contributed by atoms with Gasteiger partial charge in [0.15, 0.2) is 0 Å². The van der Waals surface area contributed by atoms with Crippen molar-refractivity contribution in [2.45, 2.75) is 27.2 Å². The van der Waals surface area contributed by atoms with E-state index < -0.39 is 0 Å². The van der Waals surface area contributed by atoms with Crippen molar-refractivity contribution in [2.75, 3.05) is 6.54 Å². The zero-order valence-corrected chi connectivity index (χ0v) is 6.36. The third kappa shape index (κ3) is 1.21. The first-order valence-corrected chi connectivity index (χ1v) is 3.39. The Morgan fingerprint density at radius 1 is 1.22 bits per heavy atom. The van der Waals surface area contributed by atoms with Gasteiger partial charge in [0, 0.05) is 12.3 Å². The maximum absolute atomic E-state index is 4.32. The molecule has 50 valence electrons. The minimum Gasteiger partial charge on any atom is -0.289 e. The third-order valence-corrected chi connectivity index (χ3v) is 2.02. The van der Waals surface area contributed by atoms with E-state index in [-0.39, 0.29) is 0 Å². The van der Waals surface area contributed by atoms with E-state index in [9.17, 15) is 0 Å². The molecule has 0 aromatic carbocycles. The summed E-state index contributed by atoms with van der Waals surface area (Å²) in [5.41, 5.74) is 4.11. The van der Waals surface area contributed by atoms with Gasteiger partial charge >= 0.3 is 0 Å². The Kier molecular flexibility index (Phi) is 1.70. The molecule has 0 aromatic heterocycles. The van der Waals surface area contributed by atoms with Crippen molar-refractivity contribution in [3.8, 4) is 0 Å². The molecule has 9 heavy (non-hydrogen) atoms. The van der Waals surface area contributed by atoms with Crippen LogP contribution >= 0.6 is 0 Å². The van der Waals surface area contributed by atoms with E-state index in [1.54, 1.807) is 0 Å². The molecule has 1 aliphatic heterocycles. The summed E-state index contributed by atoms with van der Waals surface area (Å²) >= 11 is 0. The van der Waals surface area contributed by atoms with E-state index in [1.807, 2.05) is 0 Å². The number of hydrogen-bond acceptors (Lipinski definition) is 1. The summed E-state index contributed by atoms with van der Waals surface area (Å²) in [6, 6.07) is 0. The Morgan fingerprint density at radius 3 is 2.33 bits per heavy atom. The molecule has 1 nitrogen and oxygen atoms in total. The van der Waals surface area contributed by atoms with E-state index in [0.717, 1.165) is 13.0 Å². The number of hydrogen-bond donors (Lipinski definition) is 0. The molecular weight excluding hydrogens is 110 g/mol. The number of nitrogens with zero attached hydrogens (tertiary/aromatic N) is 1. The molecule has 0 unspecified atom stereocenters. The highest BCUT2D eigenvalue weighted by Crippen LogP contribution is 2.14. The van der Waals surface area contributed by atoms with Crippen LogP contribution in [0.4, 0.5) is 0 Å². The number of dihydropyridines is 1. The number of rotatable bonds is 0. The third-order valence-electron chi connectivity index (χ3n) is 2.02. The van der Waals surface area contributed by atoms with Gasteiger partial charge in [-0.25, -0.2) is 0 Å². The normalized spacial score (nSPS) is 20.1. The molecule has 0 amide bonds. The van der Waals surface area contributed by atoms with Crippen LogP contribution < -0.4 is 0 Å². The molecule has 0 aromatic rings.